The second-order valence-corrected chi connectivity index (χ2v) is 14.0. The zero-order chi connectivity index (χ0) is 33.6. The van der Waals surface area contributed by atoms with Gasteiger partial charge < -0.3 is 9.64 Å². The molecule has 0 radical (unpaired) electrons. The van der Waals surface area contributed by atoms with Gasteiger partial charge in [-0.15, -0.1) is 0 Å². The second kappa shape index (κ2) is 12.1. The summed E-state index contributed by atoms with van der Waals surface area (Å²) in [7, 11) is 6.14. The van der Waals surface area contributed by atoms with Crippen LogP contribution < -0.4 is 9.64 Å². The maximum atomic E-state index is 5.72. The number of hydrogen-bond donors (Lipinski definition) is 0. The standard InChI is InChI=1S/C45H45N2O/c1-31-15-11-12-19-35(31)30-45(4)38-29-36(48-7)24-26-39(38)46(5)42(45)28-23-33(32-16-9-8-10-17-32)22-27-41-44(2,3)43-37-20-14-13-18-34(37)21-25-40(43)47(41)6/h8-29H,30H2,1-7H3/q+1. The fourth-order valence-corrected chi connectivity index (χ4v) is 8.09. The first kappa shape index (κ1) is 31.4. The van der Waals surface area contributed by atoms with Crippen LogP contribution in [0.1, 0.15) is 48.6 Å². The summed E-state index contributed by atoms with van der Waals surface area (Å²) in [6.07, 6.45) is 10.2. The fourth-order valence-electron chi connectivity index (χ4n) is 8.09. The summed E-state index contributed by atoms with van der Waals surface area (Å²) in [5, 5.41) is 2.61. The van der Waals surface area contributed by atoms with E-state index in [-0.39, 0.29) is 10.8 Å². The van der Waals surface area contributed by atoms with E-state index in [9.17, 15) is 0 Å². The van der Waals surface area contributed by atoms with Crippen molar-refractivity contribution in [3.8, 4) is 5.75 Å². The van der Waals surface area contributed by atoms with Crippen LogP contribution in [0, 0.1) is 6.92 Å². The first-order chi connectivity index (χ1) is 23.1. The van der Waals surface area contributed by atoms with Crippen molar-refractivity contribution in [2.24, 2.45) is 0 Å². The predicted molar refractivity (Wildman–Crippen MR) is 203 cm³/mol. The highest BCUT2D eigenvalue weighted by atomic mass is 16.5. The average molecular weight is 630 g/mol. The van der Waals surface area contributed by atoms with E-state index in [1.165, 1.54) is 66.9 Å². The van der Waals surface area contributed by atoms with Crippen molar-refractivity contribution >= 4 is 33.4 Å². The van der Waals surface area contributed by atoms with Crippen LogP contribution in [0.4, 0.5) is 11.4 Å². The Bertz CT molecular complexity index is 2160. The Morgan fingerprint density at radius 3 is 2.35 bits per heavy atom. The Balaban J connectivity index is 1.33. The van der Waals surface area contributed by atoms with E-state index in [1.807, 2.05) is 0 Å². The topological polar surface area (TPSA) is 15.5 Å². The maximum Gasteiger partial charge on any atom is 0.209 e. The van der Waals surface area contributed by atoms with Gasteiger partial charge in [0.2, 0.25) is 5.69 Å². The Hall–Kier alpha value is -5.15. The van der Waals surface area contributed by atoms with Gasteiger partial charge >= 0.3 is 0 Å². The molecule has 0 saturated carbocycles. The Morgan fingerprint density at radius 1 is 0.854 bits per heavy atom. The van der Waals surface area contributed by atoms with E-state index in [2.05, 4.69) is 185 Å². The molecule has 7 rings (SSSR count). The molecule has 1 atom stereocenters. The van der Waals surface area contributed by atoms with E-state index in [4.69, 9.17) is 4.74 Å². The summed E-state index contributed by atoms with van der Waals surface area (Å²) in [4.78, 5) is 2.37. The van der Waals surface area contributed by atoms with Crippen molar-refractivity contribution in [2.75, 3.05) is 26.1 Å². The number of benzene rings is 5. The van der Waals surface area contributed by atoms with Crippen LogP contribution >= 0.6 is 0 Å². The first-order valence-corrected chi connectivity index (χ1v) is 16.9. The molecule has 1 unspecified atom stereocenters. The number of likely N-dealkylation sites (N-methyl/N-ethyl adjacent to an activating group) is 1. The molecular formula is C45H45N2O+. The molecule has 3 heteroatoms. The monoisotopic (exact) mass is 629 g/mol. The highest BCUT2D eigenvalue weighted by Crippen LogP contribution is 2.50. The summed E-state index contributed by atoms with van der Waals surface area (Å²) >= 11 is 0. The molecule has 0 aromatic heterocycles. The summed E-state index contributed by atoms with van der Waals surface area (Å²) in [6, 6.07) is 39.3. The largest absolute Gasteiger partial charge is 0.497 e. The summed E-state index contributed by atoms with van der Waals surface area (Å²) in [5.74, 6) is 0.886. The molecule has 0 fully saturated rings. The number of rotatable bonds is 7. The first-order valence-electron chi connectivity index (χ1n) is 16.9. The van der Waals surface area contributed by atoms with Gasteiger partial charge in [0.15, 0.2) is 5.71 Å². The van der Waals surface area contributed by atoms with Gasteiger partial charge in [0, 0.05) is 41.6 Å². The van der Waals surface area contributed by atoms with E-state index < -0.39 is 0 Å². The fraction of sp³-hybridized carbons (Fsp3) is 0.222. The number of anilines is 1. The molecule has 5 aromatic rings. The molecule has 2 heterocycles. The number of fused-ring (bicyclic) bond motifs is 4. The van der Waals surface area contributed by atoms with Gasteiger partial charge in [-0.25, -0.2) is 0 Å². The van der Waals surface area contributed by atoms with Crippen molar-refractivity contribution in [1.82, 2.24) is 0 Å². The quantitative estimate of drug-likeness (QED) is 0.131. The minimum Gasteiger partial charge on any atom is -0.497 e. The van der Waals surface area contributed by atoms with Crippen molar-refractivity contribution in [2.45, 2.75) is 44.9 Å². The Labute approximate surface area is 285 Å². The van der Waals surface area contributed by atoms with E-state index in [0.717, 1.165) is 12.2 Å². The highest BCUT2D eigenvalue weighted by Gasteiger charge is 2.47. The molecule has 3 nitrogen and oxygen atoms in total. The summed E-state index contributed by atoms with van der Waals surface area (Å²) < 4.78 is 8.08. The number of nitrogens with zero attached hydrogens (tertiary/aromatic N) is 2. The van der Waals surface area contributed by atoms with Crippen LogP contribution in [0.3, 0.4) is 0 Å². The minimum absolute atomic E-state index is 0.153. The van der Waals surface area contributed by atoms with E-state index in [1.54, 1.807) is 7.11 Å². The predicted octanol–water partition coefficient (Wildman–Crippen LogP) is 10.3. The molecule has 2 aliphatic heterocycles. The zero-order valence-corrected chi connectivity index (χ0v) is 29.2. The van der Waals surface area contributed by atoms with E-state index in [0.29, 0.717) is 0 Å². The molecule has 0 N–H and O–H groups in total. The van der Waals surface area contributed by atoms with Crippen molar-refractivity contribution in [3.05, 3.63) is 167 Å². The lowest BCUT2D eigenvalue weighted by Crippen LogP contribution is -2.33. The molecule has 5 aromatic carbocycles. The number of hydrogen-bond acceptors (Lipinski definition) is 2. The Morgan fingerprint density at radius 2 is 1.58 bits per heavy atom. The molecule has 48 heavy (non-hydrogen) atoms. The lowest BCUT2D eigenvalue weighted by Gasteiger charge is -2.24. The SMILES string of the molecule is COc1ccc2c(c1)C(C)(Cc1ccccc1C)C(/C=C/C(=C/C=C1/N(C)c3ccc4ccccc4c3C1(C)C)c1ccccc1)=[N+]2C. The maximum absolute atomic E-state index is 5.72. The van der Waals surface area contributed by atoms with Crippen LogP contribution in [-0.4, -0.2) is 31.5 Å². The van der Waals surface area contributed by atoms with Gasteiger partial charge in [0.05, 0.1) is 12.5 Å². The van der Waals surface area contributed by atoms with Gasteiger partial charge in [-0.1, -0.05) is 105 Å². The third kappa shape index (κ3) is 5.19. The van der Waals surface area contributed by atoms with Crippen molar-refractivity contribution in [1.29, 1.82) is 0 Å². The number of methoxy groups -OCH3 is 1. The number of ether oxygens (including phenoxy) is 1. The van der Waals surface area contributed by atoms with Crippen LogP contribution in [0.2, 0.25) is 0 Å². The van der Waals surface area contributed by atoms with Crippen molar-refractivity contribution in [3.63, 3.8) is 0 Å². The molecule has 0 aliphatic carbocycles. The molecule has 2 aliphatic rings. The van der Waals surface area contributed by atoms with Gasteiger partial charge in [-0.3, -0.25) is 0 Å². The zero-order valence-electron chi connectivity index (χ0n) is 29.2. The molecule has 240 valence electrons. The van der Waals surface area contributed by atoms with Gasteiger partial charge in [0.25, 0.3) is 0 Å². The minimum atomic E-state index is -0.252. The smallest absolute Gasteiger partial charge is 0.209 e. The molecule has 0 bridgehead atoms. The summed E-state index contributed by atoms with van der Waals surface area (Å²) in [6.45, 7) is 9.30. The van der Waals surface area contributed by atoms with Crippen LogP contribution in [0.5, 0.6) is 5.75 Å². The van der Waals surface area contributed by atoms with E-state index >= 15 is 0 Å². The number of aryl methyl sites for hydroxylation is 1. The third-order valence-electron chi connectivity index (χ3n) is 10.7. The van der Waals surface area contributed by atoms with Gasteiger partial charge in [-0.2, -0.15) is 4.58 Å². The van der Waals surface area contributed by atoms with Crippen LogP contribution in [-0.2, 0) is 17.3 Å². The van der Waals surface area contributed by atoms with Crippen LogP contribution in [0.15, 0.2) is 139 Å². The van der Waals surface area contributed by atoms with Crippen LogP contribution in [0.25, 0.3) is 16.3 Å². The lowest BCUT2D eigenvalue weighted by atomic mass is 9.73. The number of allylic oxidation sites excluding steroid dienone is 6. The third-order valence-corrected chi connectivity index (χ3v) is 10.7. The average Bonchev–Trinajstić information content (AvgIpc) is 3.43. The highest BCUT2D eigenvalue weighted by molar-refractivity contribution is 6.05. The summed E-state index contributed by atoms with van der Waals surface area (Å²) in [5.41, 5.74) is 12.3. The normalized spacial score (nSPS) is 19.4. The second-order valence-electron chi connectivity index (χ2n) is 14.0. The molecular weight excluding hydrogens is 585 g/mol. The lowest BCUT2D eigenvalue weighted by molar-refractivity contribution is -0.401. The van der Waals surface area contributed by atoms with Crippen molar-refractivity contribution < 1.29 is 9.31 Å². The van der Waals surface area contributed by atoms with Gasteiger partial charge in [0.1, 0.15) is 12.8 Å². The molecule has 0 spiro atoms. The molecule has 0 amide bonds. The van der Waals surface area contributed by atoms with Gasteiger partial charge in [-0.05, 0) is 89.2 Å². The Kier molecular flexibility index (Phi) is 7.95. The molecule has 0 saturated heterocycles.